The van der Waals surface area contributed by atoms with Crippen LogP contribution in [-0.2, 0) is 5.11 Å². The highest BCUT2D eigenvalue weighted by Crippen LogP contribution is 2.25. The molecule has 0 amide bonds. The molecule has 77 valence electrons. The van der Waals surface area contributed by atoms with Crippen LogP contribution in [0.4, 0.5) is 0 Å². The van der Waals surface area contributed by atoms with Crippen molar-refractivity contribution in [1.29, 1.82) is 0 Å². The van der Waals surface area contributed by atoms with Crippen LogP contribution in [-0.4, -0.2) is 48.8 Å². The fraction of sp³-hybridized carbons (Fsp3) is 1.00. The zero-order chi connectivity index (χ0) is 9.90. The molecule has 1 heterocycles. The summed E-state index contributed by atoms with van der Waals surface area (Å²) in [4.78, 5) is 4.29. The van der Waals surface area contributed by atoms with Crippen molar-refractivity contribution in [3.8, 4) is 0 Å². The minimum absolute atomic E-state index is 0.769. The second-order valence-electron chi connectivity index (χ2n) is 3.92. The Kier molecular flexibility index (Phi) is 3.71. The summed E-state index contributed by atoms with van der Waals surface area (Å²) in [7, 11) is 2.09. The summed E-state index contributed by atoms with van der Waals surface area (Å²) < 4.78 is 0. The van der Waals surface area contributed by atoms with E-state index in [0.29, 0.717) is 0 Å². The first-order valence-electron chi connectivity index (χ1n) is 5.26. The van der Waals surface area contributed by atoms with Gasteiger partial charge in [-0.15, -0.1) is 0 Å². The minimum atomic E-state index is -0.782. The Hall–Kier alpha value is -0.120. The van der Waals surface area contributed by atoms with Gasteiger partial charge in [-0.2, -0.15) is 0 Å². The number of nitrogens with zero attached hydrogens (tertiary/aromatic N) is 2. The molecular weight excluding hydrogens is 164 g/mol. The molecule has 0 atom stereocenters. The van der Waals surface area contributed by atoms with E-state index < -0.39 is 5.72 Å². The van der Waals surface area contributed by atoms with Gasteiger partial charge in [-0.3, -0.25) is 4.90 Å². The third-order valence-electron chi connectivity index (χ3n) is 3.11. The van der Waals surface area contributed by atoms with Crippen molar-refractivity contribution in [3.05, 3.63) is 0 Å². The summed E-state index contributed by atoms with van der Waals surface area (Å²) in [5.74, 6) is 0. The van der Waals surface area contributed by atoms with Crippen LogP contribution in [0.3, 0.4) is 0 Å². The van der Waals surface area contributed by atoms with Crippen molar-refractivity contribution in [3.63, 3.8) is 0 Å². The lowest BCUT2D eigenvalue weighted by Gasteiger charge is -2.41. The van der Waals surface area contributed by atoms with Crippen LogP contribution in [0.5, 0.6) is 0 Å². The molecule has 0 N–H and O–H groups in total. The molecular formula is C10H21N2O. The Bertz CT molecular complexity index is 149. The molecule has 0 spiro atoms. The summed E-state index contributed by atoms with van der Waals surface area (Å²) >= 11 is 0. The van der Waals surface area contributed by atoms with Gasteiger partial charge in [0.1, 0.15) is 0 Å². The quantitative estimate of drug-likeness (QED) is 0.617. The smallest absolute Gasteiger partial charge is 0.159 e. The molecule has 0 bridgehead atoms. The average Bonchev–Trinajstić information content (AvgIpc) is 2.13. The van der Waals surface area contributed by atoms with Crippen molar-refractivity contribution in [2.45, 2.75) is 32.4 Å². The molecule has 1 fully saturated rings. The van der Waals surface area contributed by atoms with E-state index in [2.05, 4.69) is 30.7 Å². The summed E-state index contributed by atoms with van der Waals surface area (Å²) in [6.07, 6.45) is 1.54. The summed E-state index contributed by atoms with van der Waals surface area (Å²) in [5, 5.41) is 12.3. The molecule has 1 rings (SSSR count). The van der Waals surface area contributed by atoms with E-state index in [1.807, 2.05) is 0 Å². The van der Waals surface area contributed by atoms with Gasteiger partial charge >= 0.3 is 0 Å². The van der Waals surface area contributed by atoms with Crippen LogP contribution in [0.1, 0.15) is 26.7 Å². The number of piperidine rings is 1. The van der Waals surface area contributed by atoms with E-state index >= 15 is 0 Å². The van der Waals surface area contributed by atoms with E-state index in [1.165, 1.54) is 0 Å². The van der Waals surface area contributed by atoms with Gasteiger partial charge in [0.2, 0.25) is 0 Å². The van der Waals surface area contributed by atoms with Gasteiger partial charge in [0.05, 0.1) is 0 Å². The largest absolute Gasteiger partial charge is 0.306 e. The molecule has 1 aliphatic rings. The maximum atomic E-state index is 12.3. The van der Waals surface area contributed by atoms with Gasteiger partial charge in [0, 0.05) is 25.9 Å². The van der Waals surface area contributed by atoms with Crippen LogP contribution < -0.4 is 0 Å². The fourth-order valence-electron chi connectivity index (χ4n) is 2.08. The molecule has 1 radical (unpaired) electrons. The van der Waals surface area contributed by atoms with Crippen LogP contribution in [0.25, 0.3) is 0 Å². The second-order valence-corrected chi connectivity index (χ2v) is 3.92. The zero-order valence-electron chi connectivity index (χ0n) is 9.05. The van der Waals surface area contributed by atoms with Crippen LogP contribution in [0.2, 0.25) is 0 Å². The number of hydrogen-bond donors (Lipinski definition) is 0. The van der Waals surface area contributed by atoms with E-state index in [1.54, 1.807) is 0 Å². The molecule has 13 heavy (non-hydrogen) atoms. The van der Waals surface area contributed by atoms with Crippen molar-refractivity contribution < 1.29 is 5.11 Å². The van der Waals surface area contributed by atoms with Gasteiger partial charge in [0.15, 0.2) is 5.72 Å². The number of likely N-dealkylation sites (tertiary alicyclic amines) is 1. The second kappa shape index (κ2) is 4.40. The van der Waals surface area contributed by atoms with Crippen LogP contribution >= 0.6 is 0 Å². The third kappa shape index (κ3) is 2.42. The SMILES string of the molecule is CCN(CC)C1([O])CCN(C)CC1. The lowest BCUT2D eigenvalue weighted by Crippen LogP contribution is -2.53. The Morgan fingerprint density at radius 1 is 1.23 bits per heavy atom. The first-order valence-corrected chi connectivity index (χ1v) is 5.26. The predicted octanol–water partition coefficient (Wildman–Crippen LogP) is 1.18. The Morgan fingerprint density at radius 2 is 1.69 bits per heavy atom. The highest BCUT2D eigenvalue weighted by atomic mass is 16.3. The number of hydrogen-bond acceptors (Lipinski definition) is 2. The predicted molar refractivity (Wildman–Crippen MR) is 53.1 cm³/mol. The molecule has 0 aromatic rings. The standard InChI is InChI=1S/C10H21N2O/c1-4-12(5-2)10(13)6-8-11(3)9-7-10/h4-9H2,1-3H3. The Balaban J connectivity index is 2.54. The molecule has 1 saturated heterocycles. The third-order valence-corrected chi connectivity index (χ3v) is 3.11. The van der Waals surface area contributed by atoms with Gasteiger partial charge in [-0.05, 0) is 20.1 Å². The van der Waals surface area contributed by atoms with Crippen LogP contribution in [0.15, 0.2) is 0 Å². The maximum Gasteiger partial charge on any atom is 0.159 e. The van der Waals surface area contributed by atoms with Gasteiger partial charge < -0.3 is 4.90 Å². The van der Waals surface area contributed by atoms with E-state index in [4.69, 9.17) is 0 Å². The van der Waals surface area contributed by atoms with Gasteiger partial charge in [-0.25, -0.2) is 5.11 Å². The summed E-state index contributed by atoms with van der Waals surface area (Å²) in [6.45, 7) is 7.79. The highest BCUT2D eigenvalue weighted by Gasteiger charge is 2.37. The lowest BCUT2D eigenvalue weighted by molar-refractivity contribution is -0.178. The fourth-order valence-corrected chi connectivity index (χ4v) is 2.08. The molecule has 0 unspecified atom stereocenters. The molecule has 0 aromatic carbocycles. The van der Waals surface area contributed by atoms with E-state index in [9.17, 15) is 5.11 Å². The molecule has 3 nitrogen and oxygen atoms in total. The van der Waals surface area contributed by atoms with Crippen molar-refractivity contribution in [2.24, 2.45) is 0 Å². The summed E-state index contributed by atoms with van der Waals surface area (Å²) in [5.41, 5.74) is -0.782. The minimum Gasteiger partial charge on any atom is -0.306 e. The lowest BCUT2D eigenvalue weighted by atomic mass is 9.99. The first-order chi connectivity index (χ1) is 6.12. The summed E-state index contributed by atoms with van der Waals surface area (Å²) in [6, 6.07) is 0. The Labute approximate surface area is 81.3 Å². The van der Waals surface area contributed by atoms with Crippen molar-refractivity contribution >= 4 is 0 Å². The van der Waals surface area contributed by atoms with E-state index in [0.717, 1.165) is 39.0 Å². The normalized spacial score (nSPS) is 23.8. The van der Waals surface area contributed by atoms with Crippen molar-refractivity contribution in [2.75, 3.05) is 33.2 Å². The Morgan fingerprint density at radius 3 is 2.08 bits per heavy atom. The first kappa shape index (κ1) is 11.0. The molecule has 1 aliphatic heterocycles. The topological polar surface area (TPSA) is 26.4 Å². The van der Waals surface area contributed by atoms with E-state index in [-0.39, 0.29) is 0 Å². The molecule has 3 heteroatoms. The van der Waals surface area contributed by atoms with Gasteiger partial charge in [-0.1, -0.05) is 13.8 Å². The molecule has 0 aromatic heterocycles. The maximum absolute atomic E-state index is 12.3. The zero-order valence-corrected chi connectivity index (χ0v) is 9.05. The molecule has 0 aliphatic carbocycles. The van der Waals surface area contributed by atoms with Crippen molar-refractivity contribution in [1.82, 2.24) is 9.80 Å². The average molecular weight is 185 g/mol. The van der Waals surface area contributed by atoms with Gasteiger partial charge in [0.25, 0.3) is 0 Å². The molecule has 0 saturated carbocycles. The highest BCUT2D eigenvalue weighted by molar-refractivity contribution is 4.84. The monoisotopic (exact) mass is 185 g/mol. The van der Waals surface area contributed by atoms with Crippen LogP contribution in [0, 0.1) is 0 Å². The number of rotatable bonds is 3.